The van der Waals surface area contributed by atoms with Crippen molar-refractivity contribution in [3.05, 3.63) is 71.3 Å². The fourth-order valence-corrected chi connectivity index (χ4v) is 7.36. The molecular formula is C28H30. The molecule has 0 radical (unpaired) electrons. The summed E-state index contributed by atoms with van der Waals surface area (Å²) in [4.78, 5) is 0. The Labute approximate surface area is 169 Å². The molecule has 3 aromatic rings. The van der Waals surface area contributed by atoms with Gasteiger partial charge in [0, 0.05) is 0 Å². The minimum atomic E-state index is 0.475. The smallest absolute Gasteiger partial charge is 0.00362 e. The van der Waals surface area contributed by atoms with Crippen LogP contribution in [0.15, 0.2) is 54.6 Å². The molecule has 28 heavy (non-hydrogen) atoms. The lowest BCUT2D eigenvalue weighted by molar-refractivity contribution is -0.00544. The molecule has 4 aliphatic rings. The van der Waals surface area contributed by atoms with Crippen molar-refractivity contribution in [2.24, 2.45) is 17.8 Å². The Morgan fingerprint density at radius 3 is 1.93 bits per heavy atom. The summed E-state index contributed by atoms with van der Waals surface area (Å²) in [5, 5.41) is 2.69. The summed E-state index contributed by atoms with van der Waals surface area (Å²) in [6, 6.07) is 21.1. The second-order valence-corrected chi connectivity index (χ2v) is 10.3. The van der Waals surface area contributed by atoms with Gasteiger partial charge in [-0.15, -0.1) is 0 Å². The van der Waals surface area contributed by atoms with E-state index >= 15 is 0 Å². The van der Waals surface area contributed by atoms with Crippen LogP contribution in [0.4, 0.5) is 0 Å². The van der Waals surface area contributed by atoms with Crippen LogP contribution < -0.4 is 0 Å². The van der Waals surface area contributed by atoms with Crippen molar-refractivity contribution in [2.75, 3.05) is 0 Å². The SMILES string of the molecule is Cc1ccc2cc(-c3ccc(C)c(C45CC6CC(CC(C6)C4)C5)c3)ccc2c1. The molecular weight excluding hydrogens is 336 g/mol. The molecule has 142 valence electrons. The highest BCUT2D eigenvalue weighted by molar-refractivity contribution is 5.88. The predicted octanol–water partition coefficient (Wildman–Crippen LogP) is 7.59. The van der Waals surface area contributed by atoms with E-state index < -0.39 is 0 Å². The average molecular weight is 367 g/mol. The molecule has 4 fully saturated rings. The molecule has 0 N–H and O–H groups in total. The lowest BCUT2D eigenvalue weighted by Crippen LogP contribution is -2.48. The Bertz CT molecular complexity index is 1040. The average Bonchev–Trinajstić information content (AvgIpc) is 2.67. The van der Waals surface area contributed by atoms with Gasteiger partial charge >= 0.3 is 0 Å². The molecule has 3 aromatic carbocycles. The number of rotatable bonds is 2. The van der Waals surface area contributed by atoms with Crippen LogP contribution >= 0.6 is 0 Å². The first-order chi connectivity index (χ1) is 13.6. The molecule has 4 saturated carbocycles. The first kappa shape index (κ1) is 16.8. The van der Waals surface area contributed by atoms with Crippen molar-refractivity contribution in [1.29, 1.82) is 0 Å². The Balaban J connectivity index is 1.44. The predicted molar refractivity (Wildman–Crippen MR) is 119 cm³/mol. The molecule has 0 saturated heterocycles. The van der Waals surface area contributed by atoms with Crippen molar-refractivity contribution in [3.63, 3.8) is 0 Å². The van der Waals surface area contributed by atoms with Gasteiger partial charge in [0.05, 0.1) is 0 Å². The fraction of sp³-hybridized carbons (Fsp3) is 0.429. The lowest BCUT2D eigenvalue weighted by Gasteiger charge is -2.57. The zero-order valence-electron chi connectivity index (χ0n) is 17.2. The van der Waals surface area contributed by atoms with E-state index in [1.54, 1.807) is 5.56 Å². The standard InChI is InChI=1S/C28H30/c1-18-3-5-24-13-25(8-7-23(24)9-18)26-6-4-19(2)27(14-26)28-15-20-10-21(16-28)12-22(11-20)17-28/h3-9,13-14,20-22H,10-12,15-17H2,1-2H3. The molecule has 4 aliphatic carbocycles. The van der Waals surface area contributed by atoms with Gasteiger partial charge < -0.3 is 0 Å². The van der Waals surface area contributed by atoms with E-state index in [0.717, 1.165) is 17.8 Å². The Hall–Kier alpha value is -2.08. The minimum absolute atomic E-state index is 0.475. The van der Waals surface area contributed by atoms with Crippen molar-refractivity contribution in [1.82, 2.24) is 0 Å². The summed E-state index contributed by atoms with van der Waals surface area (Å²) in [5.41, 5.74) is 7.76. The number of aryl methyl sites for hydroxylation is 2. The molecule has 0 unspecified atom stereocenters. The second kappa shape index (κ2) is 5.96. The first-order valence-corrected chi connectivity index (χ1v) is 11.2. The normalized spacial score (nSPS) is 30.9. The summed E-state index contributed by atoms with van der Waals surface area (Å²) in [5.74, 6) is 3.00. The maximum absolute atomic E-state index is 2.57. The van der Waals surface area contributed by atoms with E-state index in [0.29, 0.717) is 5.41 Å². The van der Waals surface area contributed by atoms with Gasteiger partial charge in [0.25, 0.3) is 0 Å². The summed E-state index contributed by atoms with van der Waals surface area (Å²) < 4.78 is 0. The molecule has 0 heteroatoms. The van der Waals surface area contributed by atoms with E-state index in [4.69, 9.17) is 0 Å². The highest BCUT2D eigenvalue weighted by Gasteiger charge is 2.51. The van der Waals surface area contributed by atoms with Crippen molar-refractivity contribution in [3.8, 4) is 11.1 Å². The molecule has 0 heterocycles. The second-order valence-electron chi connectivity index (χ2n) is 10.3. The maximum atomic E-state index is 2.57. The number of benzene rings is 3. The molecule has 0 nitrogen and oxygen atoms in total. The molecule has 0 atom stereocenters. The molecule has 0 spiro atoms. The van der Waals surface area contributed by atoms with Gasteiger partial charge in [-0.05, 0) is 115 Å². The number of fused-ring (bicyclic) bond motifs is 1. The van der Waals surface area contributed by atoms with Crippen LogP contribution in [0, 0.1) is 31.6 Å². The summed E-state index contributed by atoms with van der Waals surface area (Å²) in [6.45, 7) is 4.52. The van der Waals surface area contributed by atoms with Crippen LogP contribution in [-0.2, 0) is 5.41 Å². The molecule has 4 bridgehead atoms. The van der Waals surface area contributed by atoms with Crippen LogP contribution in [0.1, 0.15) is 55.2 Å². The maximum Gasteiger partial charge on any atom is -0.00362 e. The monoisotopic (exact) mass is 366 g/mol. The van der Waals surface area contributed by atoms with Gasteiger partial charge in [-0.1, -0.05) is 54.1 Å². The zero-order valence-corrected chi connectivity index (χ0v) is 17.2. The van der Waals surface area contributed by atoms with Crippen molar-refractivity contribution >= 4 is 10.8 Å². The summed E-state index contributed by atoms with van der Waals surface area (Å²) in [7, 11) is 0. The van der Waals surface area contributed by atoms with Crippen LogP contribution in [0.3, 0.4) is 0 Å². The topological polar surface area (TPSA) is 0 Å². The molecule has 0 amide bonds. The highest BCUT2D eigenvalue weighted by atomic mass is 14.6. The minimum Gasteiger partial charge on any atom is -0.0587 e. The fourth-order valence-electron chi connectivity index (χ4n) is 7.36. The van der Waals surface area contributed by atoms with Gasteiger partial charge in [0.2, 0.25) is 0 Å². The van der Waals surface area contributed by atoms with Gasteiger partial charge in [0.15, 0.2) is 0 Å². The van der Waals surface area contributed by atoms with E-state index in [1.807, 2.05) is 0 Å². The number of hydrogen-bond donors (Lipinski definition) is 0. The van der Waals surface area contributed by atoms with Crippen molar-refractivity contribution in [2.45, 2.75) is 57.8 Å². The summed E-state index contributed by atoms with van der Waals surface area (Å²) in [6.07, 6.45) is 8.88. The molecule has 0 aliphatic heterocycles. The van der Waals surface area contributed by atoms with E-state index in [2.05, 4.69) is 68.4 Å². The van der Waals surface area contributed by atoms with Gasteiger partial charge in [-0.25, -0.2) is 0 Å². The van der Waals surface area contributed by atoms with Gasteiger partial charge in [-0.2, -0.15) is 0 Å². The third-order valence-corrected chi connectivity index (χ3v) is 8.18. The van der Waals surface area contributed by atoms with Crippen LogP contribution in [0.5, 0.6) is 0 Å². The third-order valence-electron chi connectivity index (χ3n) is 8.18. The largest absolute Gasteiger partial charge is 0.0587 e. The van der Waals surface area contributed by atoms with Crippen LogP contribution in [-0.4, -0.2) is 0 Å². The van der Waals surface area contributed by atoms with Gasteiger partial charge in [0.1, 0.15) is 0 Å². The van der Waals surface area contributed by atoms with Crippen LogP contribution in [0.25, 0.3) is 21.9 Å². The molecule has 7 rings (SSSR count). The quantitative estimate of drug-likeness (QED) is 0.438. The number of hydrogen-bond acceptors (Lipinski definition) is 0. The Morgan fingerprint density at radius 2 is 1.21 bits per heavy atom. The zero-order chi connectivity index (χ0) is 18.9. The van der Waals surface area contributed by atoms with Crippen LogP contribution in [0.2, 0.25) is 0 Å². The Kier molecular flexibility index (Phi) is 3.58. The van der Waals surface area contributed by atoms with E-state index in [-0.39, 0.29) is 0 Å². The lowest BCUT2D eigenvalue weighted by atomic mass is 9.47. The molecule has 0 aromatic heterocycles. The highest BCUT2D eigenvalue weighted by Crippen LogP contribution is 2.61. The first-order valence-electron chi connectivity index (χ1n) is 11.2. The van der Waals surface area contributed by atoms with Crippen molar-refractivity contribution < 1.29 is 0 Å². The van der Waals surface area contributed by atoms with E-state index in [1.165, 1.54) is 71.6 Å². The Morgan fingerprint density at radius 1 is 0.643 bits per heavy atom. The summed E-state index contributed by atoms with van der Waals surface area (Å²) >= 11 is 0. The third kappa shape index (κ3) is 2.57. The van der Waals surface area contributed by atoms with E-state index in [9.17, 15) is 0 Å². The van der Waals surface area contributed by atoms with Gasteiger partial charge in [-0.3, -0.25) is 0 Å².